The molecule has 0 saturated carbocycles. The number of nitrogens with zero attached hydrogens (tertiary/aromatic N) is 3. The smallest absolute Gasteiger partial charge is 0.242 e. The van der Waals surface area contributed by atoms with Gasteiger partial charge in [0.05, 0.1) is 30.5 Å². The standard InChI is InChI=1S/C29H42N4O6S/c1-21-18-33(22(2)20-34)29(36)17-23-16-24(30-28(35)12-9-15-31(3)4)13-14-26(23)39-27(21)19-32(5)40(37,38)25-10-7-6-8-11-25/h6-8,10-11,13-14,16,21-22,27,34H,9,12,15,17-20H2,1-5H3,(H,30,35)/t21-,22-,27-/m1/s1. The average molecular weight is 575 g/mol. The Bertz CT molecular complexity index is 1250. The predicted molar refractivity (Wildman–Crippen MR) is 155 cm³/mol. The zero-order valence-electron chi connectivity index (χ0n) is 24.0. The molecular formula is C29H42N4O6S. The number of aliphatic hydroxyl groups excluding tert-OH is 1. The van der Waals surface area contributed by atoms with Crippen LogP contribution in [0.1, 0.15) is 32.3 Å². The number of likely N-dealkylation sites (N-methyl/N-ethyl adjacent to an activating group) is 1. The third-order valence-corrected chi connectivity index (χ3v) is 8.94. The molecule has 0 unspecified atom stereocenters. The van der Waals surface area contributed by atoms with Crippen molar-refractivity contribution in [3.8, 4) is 5.75 Å². The van der Waals surface area contributed by atoms with Gasteiger partial charge in [0.2, 0.25) is 21.8 Å². The molecule has 1 aliphatic heterocycles. The van der Waals surface area contributed by atoms with Crippen LogP contribution >= 0.6 is 0 Å². The maximum atomic E-state index is 13.4. The van der Waals surface area contributed by atoms with Gasteiger partial charge < -0.3 is 25.0 Å². The Balaban J connectivity index is 1.90. The van der Waals surface area contributed by atoms with Crippen molar-refractivity contribution in [2.45, 2.75) is 50.2 Å². The number of sulfonamides is 1. The second kappa shape index (κ2) is 14.1. The molecule has 0 bridgehead atoms. The normalized spacial score (nSPS) is 18.9. The lowest BCUT2D eigenvalue weighted by Gasteiger charge is -2.33. The summed E-state index contributed by atoms with van der Waals surface area (Å²) in [5, 5.41) is 12.8. The molecule has 2 aromatic rings. The van der Waals surface area contributed by atoms with Crippen molar-refractivity contribution in [3.63, 3.8) is 0 Å². The summed E-state index contributed by atoms with van der Waals surface area (Å²) >= 11 is 0. The fraction of sp³-hybridized carbons (Fsp3) is 0.517. The quantitative estimate of drug-likeness (QED) is 0.423. The number of amides is 2. The molecule has 0 fully saturated rings. The lowest BCUT2D eigenvalue weighted by molar-refractivity contribution is -0.134. The molecule has 3 rings (SSSR count). The molecule has 2 N–H and O–H groups in total. The number of carbonyl (C=O) groups is 2. The zero-order chi connectivity index (χ0) is 29.4. The van der Waals surface area contributed by atoms with E-state index < -0.39 is 22.2 Å². The third kappa shape index (κ3) is 8.26. The molecule has 3 atom stereocenters. The van der Waals surface area contributed by atoms with Crippen LogP contribution in [0.25, 0.3) is 0 Å². The first-order valence-corrected chi connectivity index (χ1v) is 15.0. The molecule has 1 aliphatic rings. The summed E-state index contributed by atoms with van der Waals surface area (Å²) in [7, 11) is 1.66. The van der Waals surface area contributed by atoms with Gasteiger partial charge in [-0.25, -0.2) is 8.42 Å². The summed E-state index contributed by atoms with van der Waals surface area (Å²) in [4.78, 5) is 29.7. The monoisotopic (exact) mass is 574 g/mol. The van der Waals surface area contributed by atoms with E-state index in [4.69, 9.17) is 4.74 Å². The number of hydrogen-bond acceptors (Lipinski definition) is 7. The van der Waals surface area contributed by atoms with Crippen molar-refractivity contribution < 1.29 is 27.9 Å². The Hall–Kier alpha value is -2.99. The minimum atomic E-state index is -3.77. The van der Waals surface area contributed by atoms with Crippen molar-refractivity contribution in [1.82, 2.24) is 14.1 Å². The van der Waals surface area contributed by atoms with Gasteiger partial charge in [0.25, 0.3) is 0 Å². The lowest BCUT2D eigenvalue weighted by atomic mass is 10.0. The van der Waals surface area contributed by atoms with Crippen LogP contribution in [0.3, 0.4) is 0 Å². The van der Waals surface area contributed by atoms with Crippen LogP contribution in [0.4, 0.5) is 5.69 Å². The van der Waals surface area contributed by atoms with Gasteiger partial charge in [-0.05, 0) is 64.3 Å². The molecular weight excluding hydrogens is 532 g/mol. The second-order valence-electron chi connectivity index (χ2n) is 10.8. The summed E-state index contributed by atoms with van der Waals surface area (Å²) in [5.74, 6) is -0.0984. The van der Waals surface area contributed by atoms with E-state index in [2.05, 4.69) is 5.32 Å². The maximum Gasteiger partial charge on any atom is 0.242 e. The van der Waals surface area contributed by atoms with Gasteiger partial charge in [0, 0.05) is 37.2 Å². The van der Waals surface area contributed by atoms with Gasteiger partial charge in [-0.15, -0.1) is 0 Å². The SMILES string of the molecule is C[C@@H]1CN([C@H](C)CO)C(=O)Cc2cc(NC(=O)CCCN(C)C)ccc2O[C@@H]1CN(C)S(=O)(=O)c1ccccc1. The minimum absolute atomic E-state index is 0.0155. The molecule has 0 saturated heterocycles. The van der Waals surface area contributed by atoms with Crippen LogP contribution in [0.15, 0.2) is 53.4 Å². The predicted octanol–water partition coefficient (Wildman–Crippen LogP) is 2.44. The molecule has 0 spiro atoms. The molecule has 40 heavy (non-hydrogen) atoms. The summed E-state index contributed by atoms with van der Waals surface area (Å²) in [6, 6.07) is 13.0. The van der Waals surface area contributed by atoms with E-state index in [1.54, 1.807) is 60.4 Å². The largest absolute Gasteiger partial charge is 0.488 e. The fourth-order valence-corrected chi connectivity index (χ4v) is 5.83. The van der Waals surface area contributed by atoms with Gasteiger partial charge in [-0.1, -0.05) is 25.1 Å². The van der Waals surface area contributed by atoms with E-state index in [9.17, 15) is 23.1 Å². The summed E-state index contributed by atoms with van der Waals surface area (Å²) < 4.78 is 34.2. The number of anilines is 1. The number of ether oxygens (including phenoxy) is 1. The minimum Gasteiger partial charge on any atom is -0.488 e. The zero-order valence-corrected chi connectivity index (χ0v) is 24.9. The summed E-state index contributed by atoms with van der Waals surface area (Å²) in [6.07, 6.45) is 0.516. The Morgan fingerprint density at radius 2 is 1.88 bits per heavy atom. The molecule has 220 valence electrons. The van der Waals surface area contributed by atoms with E-state index in [1.807, 2.05) is 25.9 Å². The average Bonchev–Trinajstić information content (AvgIpc) is 2.96. The van der Waals surface area contributed by atoms with Gasteiger partial charge in [0.1, 0.15) is 11.9 Å². The van der Waals surface area contributed by atoms with E-state index in [-0.39, 0.29) is 48.7 Å². The number of rotatable bonds is 11. The fourth-order valence-electron chi connectivity index (χ4n) is 4.63. The van der Waals surface area contributed by atoms with Crippen LogP contribution in [0.2, 0.25) is 0 Å². The number of aliphatic hydroxyl groups is 1. The summed E-state index contributed by atoms with van der Waals surface area (Å²) in [6.45, 7) is 4.61. The Kier molecular flexibility index (Phi) is 11.1. The second-order valence-corrected chi connectivity index (χ2v) is 12.8. The first kappa shape index (κ1) is 31.5. The lowest BCUT2D eigenvalue weighted by Crippen LogP contribution is -2.48. The van der Waals surface area contributed by atoms with Crippen LogP contribution in [0, 0.1) is 5.92 Å². The maximum absolute atomic E-state index is 13.4. The highest BCUT2D eigenvalue weighted by Gasteiger charge is 2.33. The van der Waals surface area contributed by atoms with E-state index in [1.165, 1.54) is 11.4 Å². The van der Waals surface area contributed by atoms with Crippen molar-refractivity contribution >= 4 is 27.5 Å². The van der Waals surface area contributed by atoms with Gasteiger partial charge in [0.15, 0.2) is 0 Å². The molecule has 11 heteroatoms. The molecule has 0 aliphatic carbocycles. The summed E-state index contributed by atoms with van der Waals surface area (Å²) in [5.41, 5.74) is 1.14. The number of carbonyl (C=O) groups excluding carboxylic acids is 2. The van der Waals surface area contributed by atoms with E-state index in [0.717, 1.165) is 13.0 Å². The van der Waals surface area contributed by atoms with Crippen molar-refractivity contribution in [2.24, 2.45) is 5.92 Å². The highest BCUT2D eigenvalue weighted by atomic mass is 32.2. The highest BCUT2D eigenvalue weighted by molar-refractivity contribution is 7.89. The van der Waals surface area contributed by atoms with Gasteiger partial charge >= 0.3 is 0 Å². The van der Waals surface area contributed by atoms with Gasteiger partial charge in [-0.2, -0.15) is 4.31 Å². The first-order chi connectivity index (χ1) is 18.9. The molecule has 1 heterocycles. The molecule has 2 amide bonds. The molecule has 2 aromatic carbocycles. The van der Waals surface area contributed by atoms with Crippen molar-refractivity contribution in [3.05, 3.63) is 54.1 Å². The van der Waals surface area contributed by atoms with Gasteiger partial charge in [-0.3, -0.25) is 9.59 Å². The number of benzene rings is 2. The van der Waals surface area contributed by atoms with E-state index >= 15 is 0 Å². The highest BCUT2D eigenvalue weighted by Crippen LogP contribution is 2.30. The molecule has 0 radical (unpaired) electrons. The topological polar surface area (TPSA) is 119 Å². The third-order valence-electron chi connectivity index (χ3n) is 7.10. The Morgan fingerprint density at radius 3 is 2.52 bits per heavy atom. The number of nitrogens with one attached hydrogen (secondary N) is 1. The van der Waals surface area contributed by atoms with Crippen molar-refractivity contribution in [1.29, 1.82) is 0 Å². The van der Waals surface area contributed by atoms with Crippen LogP contribution in [-0.4, -0.2) is 99.0 Å². The number of hydrogen-bond donors (Lipinski definition) is 2. The molecule has 0 aromatic heterocycles. The van der Waals surface area contributed by atoms with E-state index in [0.29, 0.717) is 23.4 Å². The number of fused-ring (bicyclic) bond motifs is 1. The Morgan fingerprint density at radius 1 is 1.18 bits per heavy atom. The Labute approximate surface area is 238 Å². The van der Waals surface area contributed by atoms with Crippen LogP contribution < -0.4 is 10.1 Å². The van der Waals surface area contributed by atoms with Crippen LogP contribution in [-0.2, 0) is 26.0 Å². The van der Waals surface area contributed by atoms with Crippen molar-refractivity contribution in [2.75, 3.05) is 52.7 Å². The van der Waals surface area contributed by atoms with Crippen LogP contribution in [0.5, 0.6) is 5.75 Å². The molecule has 10 nitrogen and oxygen atoms in total. The first-order valence-electron chi connectivity index (χ1n) is 13.6.